The number of aromatic amines is 1. The number of nitrogens with one attached hydrogen (secondary N) is 1. The van der Waals surface area contributed by atoms with Crippen LogP contribution in [0.15, 0.2) is 23.1 Å². The lowest BCUT2D eigenvalue weighted by molar-refractivity contribution is -0.141. The number of H-pyrrole nitrogens is 1. The van der Waals surface area contributed by atoms with Crippen LogP contribution >= 0.6 is 0 Å². The normalized spacial score (nSPS) is 12.1. The molecular weight excluding hydrogens is 184 g/mol. The summed E-state index contributed by atoms with van der Waals surface area (Å²) in [4.78, 5) is 24.1. The summed E-state index contributed by atoms with van der Waals surface area (Å²) < 4.78 is 4.48. The SMILES string of the molecule is COC(=O)C[C@@H](N)c1ccc(=O)[nH]c1. The van der Waals surface area contributed by atoms with Crippen LogP contribution in [0.25, 0.3) is 0 Å². The number of aromatic nitrogens is 1. The molecule has 14 heavy (non-hydrogen) atoms. The summed E-state index contributed by atoms with van der Waals surface area (Å²) in [6, 6.07) is 2.51. The molecule has 0 fully saturated rings. The van der Waals surface area contributed by atoms with E-state index in [1.807, 2.05) is 0 Å². The maximum atomic E-state index is 10.9. The highest BCUT2D eigenvalue weighted by Gasteiger charge is 2.11. The number of methoxy groups -OCH3 is 1. The third kappa shape index (κ3) is 2.70. The number of pyridine rings is 1. The molecule has 0 aromatic carbocycles. The zero-order valence-corrected chi connectivity index (χ0v) is 7.82. The van der Waals surface area contributed by atoms with Crippen molar-refractivity contribution in [1.82, 2.24) is 4.98 Å². The topological polar surface area (TPSA) is 85.2 Å². The van der Waals surface area contributed by atoms with Crippen molar-refractivity contribution in [1.29, 1.82) is 0 Å². The van der Waals surface area contributed by atoms with E-state index in [-0.39, 0.29) is 17.9 Å². The first-order valence-corrected chi connectivity index (χ1v) is 4.14. The molecular formula is C9H12N2O3. The van der Waals surface area contributed by atoms with Gasteiger partial charge in [-0.25, -0.2) is 0 Å². The van der Waals surface area contributed by atoms with Gasteiger partial charge in [-0.05, 0) is 5.56 Å². The van der Waals surface area contributed by atoms with E-state index in [0.717, 1.165) is 0 Å². The quantitative estimate of drug-likeness (QED) is 0.663. The van der Waals surface area contributed by atoms with Crippen LogP contribution in [0.3, 0.4) is 0 Å². The number of hydrogen-bond donors (Lipinski definition) is 2. The van der Waals surface area contributed by atoms with Gasteiger partial charge in [0.1, 0.15) is 0 Å². The van der Waals surface area contributed by atoms with Gasteiger partial charge in [0.05, 0.1) is 13.5 Å². The van der Waals surface area contributed by atoms with Gasteiger partial charge in [0, 0.05) is 18.3 Å². The van der Waals surface area contributed by atoms with E-state index in [2.05, 4.69) is 9.72 Å². The fourth-order valence-corrected chi connectivity index (χ4v) is 1.03. The first kappa shape index (κ1) is 10.5. The Morgan fingerprint density at radius 3 is 2.86 bits per heavy atom. The number of esters is 1. The molecule has 0 unspecified atom stereocenters. The van der Waals surface area contributed by atoms with Gasteiger partial charge in [0.2, 0.25) is 5.56 Å². The molecule has 5 heteroatoms. The highest BCUT2D eigenvalue weighted by molar-refractivity contribution is 5.70. The second kappa shape index (κ2) is 4.57. The first-order valence-electron chi connectivity index (χ1n) is 4.14. The molecule has 1 atom stereocenters. The minimum absolute atomic E-state index is 0.0997. The average molecular weight is 196 g/mol. The number of carbonyl (C=O) groups excluding carboxylic acids is 1. The monoisotopic (exact) mass is 196 g/mol. The van der Waals surface area contributed by atoms with Gasteiger partial charge in [-0.1, -0.05) is 6.07 Å². The lowest BCUT2D eigenvalue weighted by atomic mass is 10.1. The molecule has 0 amide bonds. The Kier molecular flexibility index (Phi) is 3.41. The van der Waals surface area contributed by atoms with E-state index in [1.54, 1.807) is 6.07 Å². The third-order valence-electron chi connectivity index (χ3n) is 1.85. The van der Waals surface area contributed by atoms with Gasteiger partial charge in [-0.2, -0.15) is 0 Å². The van der Waals surface area contributed by atoms with Gasteiger partial charge < -0.3 is 15.5 Å². The van der Waals surface area contributed by atoms with Crippen LogP contribution in [-0.4, -0.2) is 18.1 Å². The summed E-state index contributed by atoms with van der Waals surface area (Å²) in [6.45, 7) is 0. The molecule has 1 aromatic rings. The maximum absolute atomic E-state index is 10.9. The zero-order chi connectivity index (χ0) is 10.6. The van der Waals surface area contributed by atoms with E-state index in [0.29, 0.717) is 5.56 Å². The smallest absolute Gasteiger partial charge is 0.307 e. The van der Waals surface area contributed by atoms with Gasteiger partial charge >= 0.3 is 5.97 Å². The molecule has 0 aliphatic carbocycles. The summed E-state index contributed by atoms with van der Waals surface area (Å²) >= 11 is 0. The van der Waals surface area contributed by atoms with Crippen LogP contribution in [0, 0.1) is 0 Å². The van der Waals surface area contributed by atoms with Gasteiger partial charge in [0.15, 0.2) is 0 Å². The van der Waals surface area contributed by atoms with E-state index >= 15 is 0 Å². The van der Waals surface area contributed by atoms with Gasteiger partial charge in [-0.15, -0.1) is 0 Å². The van der Waals surface area contributed by atoms with Crippen molar-refractivity contribution in [3.05, 3.63) is 34.2 Å². The van der Waals surface area contributed by atoms with Crippen molar-refractivity contribution in [2.75, 3.05) is 7.11 Å². The standard InChI is InChI=1S/C9H12N2O3/c1-14-9(13)4-7(10)6-2-3-8(12)11-5-6/h2-3,5,7H,4,10H2,1H3,(H,11,12)/t7-/m1/s1. The number of rotatable bonds is 3. The van der Waals surface area contributed by atoms with Crippen LogP contribution in [0.5, 0.6) is 0 Å². The van der Waals surface area contributed by atoms with Crippen molar-refractivity contribution in [2.24, 2.45) is 5.73 Å². The number of hydrogen-bond acceptors (Lipinski definition) is 4. The predicted octanol–water partition coefficient (Wildman–Crippen LogP) is -0.0622. The minimum atomic E-state index is -0.445. The van der Waals surface area contributed by atoms with Crippen molar-refractivity contribution in [3.63, 3.8) is 0 Å². The Balaban J connectivity index is 2.69. The second-order valence-corrected chi connectivity index (χ2v) is 2.87. The molecule has 0 spiro atoms. The summed E-state index contributed by atoms with van der Waals surface area (Å²) in [5, 5.41) is 0. The molecule has 0 aliphatic heterocycles. The molecule has 0 bridgehead atoms. The second-order valence-electron chi connectivity index (χ2n) is 2.87. The van der Waals surface area contributed by atoms with Gasteiger partial charge in [0.25, 0.3) is 0 Å². The summed E-state index contributed by atoms with van der Waals surface area (Å²) in [5.74, 6) is -0.372. The summed E-state index contributed by atoms with van der Waals surface area (Å²) in [7, 11) is 1.31. The highest BCUT2D eigenvalue weighted by atomic mass is 16.5. The molecule has 1 rings (SSSR count). The molecule has 3 N–H and O–H groups in total. The van der Waals surface area contributed by atoms with E-state index in [4.69, 9.17) is 5.73 Å². The molecule has 1 heterocycles. The average Bonchev–Trinajstić information content (AvgIpc) is 2.18. The Hall–Kier alpha value is -1.62. The van der Waals surface area contributed by atoms with Crippen LogP contribution in [0.1, 0.15) is 18.0 Å². The number of carbonyl (C=O) groups is 1. The molecule has 0 saturated heterocycles. The van der Waals surface area contributed by atoms with Crippen molar-refractivity contribution in [3.8, 4) is 0 Å². The van der Waals surface area contributed by atoms with Crippen molar-refractivity contribution in [2.45, 2.75) is 12.5 Å². The Labute approximate surface area is 80.9 Å². The van der Waals surface area contributed by atoms with Crippen LogP contribution < -0.4 is 11.3 Å². The first-order chi connectivity index (χ1) is 6.63. The molecule has 1 aromatic heterocycles. The molecule has 76 valence electrons. The van der Waals surface area contributed by atoms with Crippen LogP contribution in [-0.2, 0) is 9.53 Å². The Morgan fingerprint density at radius 2 is 2.36 bits per heavy atom. The Bertz CT molecular complexity index is 352. The van der Waals surface area contributed by atoms with Crippen LogP contribution in [0.2, 0.25) is 0 Å². The molecule has 0 saturated carbocycles. The minimum Gasteiger partial charge on any atom is -0.469 e. The summed E-state index contributed by atoms with van der Waals surface area (Å²) in [6.07, 6.45) is 1.60. The highest BCUT2D eigenvalue weighted by Crippen LogP contribution is 2.11. The largest absolute Gasteiger partial charge is 0.469 e. The molecule has 0 aliphatic rings. The molecule has 0 radical (unpaired) electrons. The fraction of sp³-hybridized carbons (Fsp3) is 0.333. The zero-order valence-electron chi connectivity index (χ0n) is 7.82. The number of ether oxygens (including phenoxy) is 1. The maximum Gasteiger partial charge on any atom is 0.307 e. The molecule has 5 nitrogen and oxygen atoms in total. The van der Waals surface area contributed by atoms with Crippen molar-refractivity contribution >= 4 is 5.97 Å². The van der Waals surface area contributed by atoms with Gasteiger partial charge in [-0.3, -0.25) is 9.59 Å². The van der Waals surface area contributed by atoms with E-state index in [1.165, 1.54) is 19.4 Å². The van der Waals surface area contributed by atoms with Crippen molar-refractivity contribution < 1.29 is 9.53 Å². The fourth-order valence-electron chi connectivity index (χ4n) is 1.03. The predicted molar refractivity (Wildman–Crippen MR) is 50.6 cm³/mol. The third-order valence-corrected chi connectivity index (χ3v) is 1.85. The van der Waals surface area contributed by atoms with E-state index < -0.39 is 6.04 Å². The van der Waals surface area contributed by atoms with Crippen LogP contribution in [0.4, 0.5) is 0 Å². The summed E-state index contributed by atoms with van der Waals surface area (Å²) in [5.41, 5.74) is 6.21. The lowest BCUT2D eigenvalue weighted by Crippen LogP contribution is -2.17. The Morgan fingerprint density at radius 1 is 1.64 bits per heavy atom. The lowest BCUT2D eigenvalue weighted by Gasteiger charge is -2.09. The number of nitrogens with two attached hydrogens (primary N) is 1. The van der Waals surface area contributed by atoms with E-state index in [9.17, 15) is 9.59 Å².